The summed E-state index contributed by atoms with van der Waals surface area (Å²) in [4.78, 5) is 24.1. The molecule has 9 heteroatoms. The second kappa shape index (κ2) is 8.33. The van der Waals surface area contributed by atoms with Gasteiger partial charge in [0.2, 0.25) is 15.9 Å². The van der Waals surface area contributed by atoms with Gasteiger partial charge >= 0.3 is 0 Å². The van der Waals surface area contributed by atoms with Crippen LogP contribution in [-0.4, -0.2) is 33.0 Å². The van der Waals surface area contributed by atoms with E-state index in [1.807, 2.05) is 19.1 Å². The van der Waals surface area contributed by atoms with Gasteiger partial charge in [0.1, 0.15) is 0 Å². The molecular weight excluding hydrogens is 422 g/mol. The van der Waals surface area contributed by atoms with Crippen molar-refractivity contribution in [1.29, 1.82) is 0 Å². The molecule has 3 N–H and O–H groups in total. The molecule has 2 aromatic rings. The molecule has 2 rings (SSSR count). The van der Waals surface area contributed by atoms with E-state index in [4.69, 9.17) is 0 Å². The molecule has 2 amide bonds. The van der Waals surface area contributed by atoms with Crippen molar-refractivity contribution in [3.8, 4) is 0 Å². The molecule has 0 radical (unpaired) electrons. The van der Waals surface area contributed by atoms with Crippen LogP contribution in [0.3, 0.4) is 0 Å². The molecule has 2 aromatic carbocycles. The molecule has 26 heavy (non-hydrogen) atoms. The molecular formula is C17H18BrN3O4S. The van der Waals surface area contributed by atoms with Crippen LogP contribution in [0, 0.1) is 6.92 Å². The second-order valence-electron chi connectivity index (χ2n) is 5.64. The number of amides is 2. The van der Waals surface area contributed by atoms with Gasteiger partial charge in [-0.15, -0.1) is 0 Å². The summed E-state index contributed by atoms with van der Waals surface area (Å²) in [6.07, 6.45) is 1.04. The Bertz CT molecular complexity index is 928. The Hall–Kier alpha value is -2.39. The number of hydrogen-bond donors (Lipinski definition) is 3. The van der Waals surface area contributed by atoms with E-state index in [1.165, 1.54) is 24.3 Å². The zero-order valence-electron chi connectivity index (χ0n) is 14.2. The summed E-state index contributed by atoms with van der Waals surface area (Å²) in [5, 5.41) is 5.25. The van der Waals surface area contributed by atoms with Crippen molar-refractivity contribution in [3.05, 3.63) is 58.1 Å². The van der Waals surface area contributed by atoms with Crippen LogP contribution in [0.2, 0.25) is 0 Å². The van der Waals surface area contributed by atoms with Crippen LogP contribution in [0.1, 0.15) is 15.9 Å². The van der Waals surface area contributed by atoms with E-state index in [2.05, 4.69) is 31.3 Å². The zero-order chi connectivity index (χ0) is 19.3. The third kappa shape index (κ3) is 6.16. The maximum Gasteiger partial charge on any atom is 0.251 e. The summed E-state index contributed by atoms with van der Waals surface area (Å²) in [5.74, 6) is -0.780. The van der Waals surface area contributed by atoms with Crippen LogP contribution in [0.5, 0.6) is 0 Å². The molecule has 0 unspecified atom stereocenters. The van der Waals surface area contributed by atoms with Gasteiger partial charge in [-0.3, -0.25) is 14.3 Å². The lowest BCUT2D eigenvalue weighted by Gasteiger charge is -2.10. The number of aryl methyl sites for hydroxylation is 1. The molecule has 0 aliphatic carbocycles. The average Bonchev–Trinajstić information content (AvgIpc) is 2.54. The van der Waals surface area contributed by atoms with Gasteiger partial charge in [0.05, 0.1) is 12.8 Å². The lowest BCUT2D eigenvalue weighted by atomic mass is 10.2. The van der Waals surface area contributed by atoms with Crippen LogP contribution < -0.4 is 15.4 Å². The Balaban J connectivity index is 1.90. The first-order valence-corrected chi connectivity index (χ1v) is 10.2. The van der Waals surface area contributed by atoms with Crippen LogP contribution >= 0.6 is 15.9 Å². The fourth-order valence-electron chi connectivity index (χ4n) is 2.13. The Kier molecular flexibility index (Phi) is 6.38. The molecule has 0 aromatic heterocycles. The summed E-state index contributed by atoms with van der Waals surface area (Å²) in [5.41, 5.74) is 2.24. The van der Waals surface area contributed by atoms with Crippen LogP contribution in [0.25, 0.3) is 0 Å². The van der Waals surface area contributed by atoms with Crippen molar-refractivity contribution in [3.63, 3.8) is 0 Å². The lowest BCUT2D eigenvalue weighted by molar-refractivity contribution is -0.115. The number of rotatable bonds is 6. The fraction of sp³-hybridized carbons (Fsp3) is 0.176. The van der Waals surface area contributed by atoms with Gasteiger partial charge in [-0.2, -0.15) is 0 Å². The van der Waals surface area contributed by atoms with E-state index in [0.29, 0.717) is 16.9 Å². The van der Waals surface area contributed by atoms with Crippen molar-refractivity contribution in [1.82, 2.24) is 5.32 Å². The van der Waals surface area contributed by atoms with Crippen molar-refractivity contribution in [2.24, 2.45) is 0 Å². The first-order valence-electron chi connectivity index (χ1n) is 7.56. The van der Waals surface area contributed by atoms with E-state index in [1.54, 1.807) is 6.07 Å². The Morgan fingerprint density at radius 3 is 2.31 bits per heavy atom. The van der Waals surface area contributed by atoms with Gasteiger partial charge in [0, 0.05) is 21.4 Å². The Morgan fingerprint density at radius 1 is 1.08 bits per heavy atom. The molecule has 0 aliphatic rings. The third-order valence-corrected chi connectivity index (χ3v) is 4.42. The van der Waals surface area contributed by atoms with Crippen LogP contribution in [-0.2, 0) is 14.8 Å². The summed E-state index contributed by atoms with van der Waals surface area (Å²) in [6, 6.07) is 11.3. The quantitative estimate of drug-likeness (QED) is 0.642. The monoisotopic (exact) mass is 439 g/mol. The Labute approximate surface area is 160 Å². The maximum absolute atomic E-state index is 12.1. The fourth-order valence-corrected chi connectivity index (χ4v) is 3.17. The zero-order valence-corrected chi connectivity index (χ0v) is 16.6. The standard InChI is InChI=1S/C17H18BrN3O4S/c1-11-9-13(18)5-8-15(11)20-16(22)10-19-17(23)12-3-6-14(7-4-12)21-26(2,24)25/h3-9,21H,10H2,1-2H3,(H,19,23)(H,20,22). The van der Waals surface area contributed by atoms with E-state index < -0.39 is 15.9 Å². The van der Waals surface area contributed by atoms with Crippen LogP contribution in [0.15, 0.2) is 46.9 Å². The second-order valence-corrected chi connectivity index (χ2v) is 8.31. The number of sulfonamides is 1. The molecule has 138 valence electrons. The average molecular weight is 440 g/mol. The summed E-state index contributed by atoms with van der Waals surface area (Å²) < 4.78 is 25.5. The van der Waals surface area contributed by atoms with Gasteiger partial charge in [-0.25, -0.2) is 8.42 Å². The maximum atomic E-state index is 12.1. The van der Waals surface area contributed by atoms with Gasteiger partial charge < -0.3 is 10.6 Å². The lowest BCUT2D eigenvalue weighted by Crippen LogP contribution is -2.33. The minimum Gasteiger partial charge on any atom is -0.343 e. The molecule has 0 saturated carbocycles. The minimum atomic E-state index is -3.37. The Morgan fingerprint density at radius 2 is 1.73 bits per heavy atom. The van der Waals surface area contributed by atoms with E-state index >= 15 is 0 Å². The summed E-state index contributed by atoms with van der Waals surface area (Å²) in [6.45, 7) is 1.68. The molecule has 0 spiro atoms. The van der Waals surface area contributed by atoms with Gasteiger partial charge in [0.25, 0.3) is 5.91 Å². The molecule has 0 saturated heterocycles. The predicted molar refractivity (Wildman–Crippen MR) is 105 cm³/mol. The number of anilines is 2. The van der Waals surface area contributed by atoms with E-state index in [-0.39, 0.29) is 12.5 Å². The van der Waals surface area contributed by atoms with Crippen LogP contribution in [0.4, 0.5) is 11.4 Å². The molecule has 0 aliphatic heterocycles. The number of benzene rings is 2. The first-order chi connectivity index (χ1) is 12.1. The molecule has 0 fully saturated rings. The van der Waals surface area contributed by atoms with Gasteiger partial charge in [0.15, 0.2) is 0 Å². The van der Waals surface area contributed by atoms with Gasteiger partial charge in [-0.05, 0) is 55.0 Å². The van der Waals surface area contributed by atoms with Crippen molar-refractivity contribution in [2.45, 2.75) is 6.92 Å². The normalized spacial score (nSPS) is 10.9. The van der Waals surface area contributed by atoms with Gasteiger partial charge in [-0.1, -0.05) is 15.9 Å². The number of halogens is 1. The SMILES string of the molecule is Cc1cc(Br)ccc1NC(=O)CNC(=O)c1ccc(NS(C)(=O)=O)cc1. The minimum absolute atomic E-state index is 0.183. The predicted octanol–water partition coefficient (Wildman–Crippen LogP) is 2.50. The number of carbonyl (C=O) groups is 2. The summed E-state index contributed by atoms with van der Waals surface area (Å²) in [7, 11) is -3.37. The summed E-state index contributed by atoms with van der Waals surface area (Å²) >= 11 is 3.35. The largest absolute Gasteiger partial charge is 0.343 e. The number of nitrogens with one attached hydrogen (secondary N) is 3. The molecule has 0 atom stereocenters. The molecule has 0 bridgehead atoms. The topological polar surface area (TPSA) is 104 Å². The molecule has 0 heterocycles. The van der Waals surface area contributed by atoms with E-state index in [0.717, 1.165) is 16.3 Å². The highest BCUT2D eigenvalue weighted by atomic mass is 79.9. The first kappa shape index (κ1) is 19.9. The number of hydrogen-bond acceptors (Lipinski definition) is 4. The highest BCUT2D eigenvalue weighted by molar-refractivity contribution is 9.10. The number of carbonyl (C=O) groups excluding carboxylic acids is 2. The van der Waals surface area contributed by atoms with Crippen molar-refractivity contribution < 1.29 is 18.0 Å². The highest BCUT2D eigenvalue weighted by Gasteiger charge is 2.10. The highest BCUT2D eigenvalue weighted by Crippen LogP contribution is 2.19. The van der Waals surface area contributed by atoms with Crippen molar-refractivity contribution >= 4 is 49.1 Å². The smallest absolute Gasteiger partial charge is 0.251 e. The van der Waals surface area contributed by atoms with E-state index in [9.17, 15) is 18.0 Å². The third-order valence-electron chi connectivity index (χ3n) is 3.32. The van der Waals surface area contributed by atoms with Crippen molar-refractivity contribution in [2.75, 3.05) is 22.8 Å². The molecule has 7 nitrogen and oxygen atoms in total.